The molecule has 0 heterocycles. The monoisotopic (exact) mass is 279 g/mol. The molecule has 21 heavy (non-hydrogen) atoms. The summed E-state index contributed by atoms with van der Waals surface area (Å²) in [6.07, 6.45) is 0.882. The summed E-state index contributed by atoms with van der Waals surface area (Å²) in [7, 11) is 1.94. The van der Waals surface area contributed by atoms with E-state index in [9.17, 15) is 4.39 Å². The molecule has 1 atom stereocenters. The molecule has 1 nitrogen and oxygen atoms in total. The minimum Gasteiger partial charge on any atom is -0.313 e. The molecule has 0 spiro atoms. The zero-order chi connectivity index (χ0) is 14.7. The molecule has 0 saturated carbocycles. The lowest BCUT2D eigenvalue weighted by atomic mass is 9.97. The van der Waals surface area contributed by atoms with Crippen LogP contribution in [0.2, 0.25) is 0 Å². The smallest absolute Gasteiger partial charge is 0.123 e. The Morgan fingerprint density at radius 2 is 1.62 bits per heavy atom. The maximum atomic E-state index is 13.0. The van der Waals surface area contributed by atoms with Gasteiger partial charge >= 0.3 is 0 Å². The van der Waals surface area contributed by atoms with Crippen molar-refractivity contribution in [2.75, 3.05) is 7.05 Å². The number of likely N-dealkylation sites (N-methyl/N-ethyl adjacent to an activating group) is 1. The van der Waals surface area contributed by atoms with Gasteiger partial charge in [0.15, 0.2) is 0 Å². The summed E-state index contributed by atoms with van der Waals surface area (Å²) in [5.41, 5.74) is 2.38. The fraction of sp³-hybridized carbons (Fsp3) is 0.158. The highest BCUT2D eigenvalue weighted by Gasteiger charge is 2.10. The van der Waals surface area contributed by atoms with Gasteiger partial charge in [-0.25, -0.2) is 4.39 Å². The number of hydrogen-bond donors (Lipinski definition) is 1. The third-order valence-corrected chi connectivity index (χ3v) is 3.87. The van der Waals surface area contributed by atoms with E-state index < -0.39 is 0 Å². The lowest BCUT2D eigenvalue weighted by Gasteiger charge is -2.17. The van der Waals surface area contributed by atoms with Crippen molar-refractivity contribution in [3.05, 3.63) is 83.7 Å². The van der Waals surface area contributed by atoms with Gasteiger partial charge in [-0.1, -0.05) is 54.6 Å². The highest BCUT2D eigenvalue weighted by Crippen LogP contribution is 2.22. The van der Waals surface area contributed by atoms with Gasteiger partial charge in [0.2, 0.25) is 0 Å². The van der Waals surface area contributed by atoms with Crippen molar-refractivity contribution in [2.24, 2.45) is 0 Å². The zero-order valence-electron chi connectivity index (χ0n) is 12.0. The van der Waals surface area contributed by atoms with Gasteiger partial charge in [0.1, 0.15) is 5.82 Å². The molecule has 106 valence electrons. The normalized spacial score (nSPS) is 12.5. The highest BCUT2D eigenvalue weighted by molar-refractivity contribution is 5.83. The van der Waals surface area contributed by atoms with Gasteiger partial charge in [-0.2, -0.15) is 0 Å². The Morgan fingerprint density at radius 3 is 2.33 bits per heavy atom. The van der Waals surface area contributed by atoms with E-state index in [1.165, 1.54) is 28.5 Å². The Balaban J connectivity index is 1.86. The molecule has 0 saturated heterocycles. The number of rotatable bonds is 4. The molecule has 0 aliphatic carbocycles. The predicted octanol–water partition coefficient (Wildman–Crippen LogP) is 4.48. The van der Waals surface area contributed by atoms with Crippen molar-refractivity contribution in [3.8, 4) is 0 Å². The van der Waals surface area contributed by atoms with E-state index >= 15 is 0 Å². The fourth-order valence-corrected chi connectivity index (χ4v) is 2.68. The Morgan fingerprint density at radius 1 is 0.905 bits per heavy atom. The molecule has 1 N–H and O–H groups in total. The molecular formula is C19H18FN. The molecule has 0 aliphatic rings. The fourth-order valence-electron chi connectivity index (χ4n) is 2.68. The summed E-state index contributed by atoms with van der Waals surface area (Å²) in [4.78, 5) is 0. The van der Waals surface area contributed by atoms with Crippen LogP contribution in [0.1, 0.15) is 17.2 Å². The third-order valence-electron chi connectivity index (χ3n) is 3.87. The Bertz CT molecular complexity index is 734. The Labute approximate surface area is 124 Å². The van der Waals surface area contributed by atoms with Crippen molar-refractivity contribution in [3.63, 3.8) is 0 Å². The summed E-state index contributed by atoms with van der Waals surface area (Å²) in [6, 6.07) is 21.8. The third kappa shape index (κ3) is 3.11. The molecule has 0 fully saturated rings. The van der Waals surface area contributed by atoms with E-state index in [1.807, 2.05) is 19.2 Å². The number of halogens is 1. The van der Waals surface area contributed by atoms with Crippen molar-refractivity contribution in [2.45, 2.75) is 12.5 Å². The first kappa shape index (κ1) is 13.8. The molecule has 3 aromatic carbocycles. The van der Waals surface area contributed by atoms with E-state index in [-0.39, 0.29) is 11.9 Å². The zero-order valence-corrected chi connectivity index (χ0v) is 12.0. The molecule has 0 amide bonds. The molecule has 0 aromatic heterocycles. The van der Waals surface area contributed by atoms with Crippen LogP contribution in [0, 0.1) is 5.82 Å². The molecule has 1 unspecified atom stereocenters. The molecule has 0 radical (unpaired) electrons. The van der Waals surface area contributed by atoms with E-state index in [2.05, 4.69) is 47.8 Å². The first-order chi connectivity index (χ1) is 10.3. The summed E-state index contributed by atoms with van der Waals surface area (Å²) in [6.45, 7) is 0. The largest absolute Gasteiger partial charge is 0.313 e. The average molecular weight is 279 g/mol. The Hall–Kier alpha value is -2.19. The summed E-state index contributed by atoms with van der Waals surface area (Å²) in [5, 5.41) is 5.82. The quantitative estimate of drug-likeness (QED) is 0.742. The van der Waals surface area contributed by atoms with Crippen molar-refractivity contribution in [1.82, 2.24) is 5.32 Å². The van der Waals surface area contributed by atoms with Crippen LogP contribution >= 0.6 is 0 Å². The van der Waals surface area contributed by atoms with Crippen molar-refractivity contribution >= 4 is 10.8 Å². The molecular weight excluding hydrogens is 261 g/mol. The van der Waals surface area contributed by atoms with Crippen LogP contribution in [0.15, 0.2) is 66.7 Å². The summed E-state index contributed by atoms with van der Waals surface area (Å²) >= 11 is 0. The Kier molecular flexibility index (Phi) is 3.98. The minimum atomic E-state index is -0.195. The predicted molar refractivity (Wildman–Crippen MR) is 85.9 cm³/mol. The second kappa shape index (κ2) is 6.06. The van der Waals surface area contributed by atoms with Gasteiger partial charge in [0.05, 0.1) is 0 Å². The maximum absolute atomic E-state index is 13.0. The molecule has 0 aliphatic heterocycles. The van der Waals surface area contributed by atoms with Crippen LogP contribution in [-0.4, -0.2) is 7.05 Å². The first-order valence-corrected chi connectivity index (χ1v) is 7.16. The van der Waals surface area contributed by atoms with E-state index in [4.69, 9.17) is 0 Å². The summed E-state index contributed by atoms with van der Waals surface area (Å²) < 4.78 is 13.0. The van der Waals surface area contributed by atoms with E-state index in [1.54, 1.807) is 0 Å². The standard InChI is InChI=1S/C19H18FN/c1-21-19(16-8-10-18(20)11-9-16)13-14-6-7-15-4-2-3-5-17(15)12-14/h2-12,19,21H,13H2,1H3. The van der Waals surface area contributed by atoms with Crippen LogP contribution in [0.4, 0.5) is 4.39 Å². The van der Waals surface area contributed by atoms with Gasteiger partial charge in [0, 0.05) is 6.04 Å². The summed E-state index contributed by atoms with van der Waals surface area (Å²) in [5.74, 6) is -0.195. The van der Waals surface area contributed by atoms with Crippen LogP contribution in [0.3, 0.4) is 0 Å². The van der Waals surface area contributed by atoms with Gasteiger partial charge in [0.25, 0.3) is 0 Å². The van der Waals surface area contributed by atoms with Gasteiger partial charge < -0.3 is 5.32 Å². The topological polar surface area (TPSA) is 12.0 Å². The number of benzene rings is 3. The SMILES string of the molecule is CNC(Cc1ccc2ccccc2c1)c1ccc(F)cc1. The second-order valence-electron chi connectivity index (χ2n) is 5.28. The molecule has 0 bridgehead atoms. The van der Waals surface area contributed by atoms with Crippen molar-refractivity contribution in [1.29, 1.82) is 0 Å². The van der Waals surface area contributed by atoms with Crippen LogP contribution in [-0.2, 0) is 6.42 Å². The van der Waals surface area contributed by atoms with E-state index in [0.717, 1.165) is 12.0 Å². The maximum Gasteiger partial charge on any atom is 0.123 e. The van der Waals surface area contributed by atoms with Crippen molar-refractivity contribution < 1.29 is 4.39 Å². The van der Waals surface area contributed by atoms with Crippen LogP contribution in [0.5, 0.6) is 0 Å². The lowest BCUT2D eigenvalue weighted by molar-refractivity contribution is 0.586. The highest BCUT2D eigenvalue weighted by atomic mass is 19.1. The van der Waals surface area contributed by atoms with Gasteiger partial charge in [-0.15, -0.1) is 0 Å². The van der Waals surface area contributed by atoms with Gasteiger partial charge in [-0.05, 0) is 47.5 Å². The number of nitrogens with one attached hydrogen (secondary N) is 1. The minimum absolute atomic E-state index is 0.187. The molecule has 2 heteroatoms. The van der Waals surface area contributed by atoms with Crippen LogP contribution in [0.25, 0.3) is 10.8 Å². The van der Waals surface area contributed by atoms with Crippen LogP contribution < -0.4 is 5.32 Å². The molecule has 3 aromatic rings. The van der Waals surface area contributed by atoms with E-state index in [0.29, 0.717) is 0 Å². The average Bonchev–Trinajstić information content (AvgIpc) is 2.53. The molecule has 3 rings (SSSR count). The number of hydrogen-bond acceptors (Lipinski definition) is 1. The first-order valence-electron chi connectivity index (χ1n) is 7.16. The number of fused-ring (bicyclic) bond motifs is 1. The second-order valence-corrected chi connectivity index (χ2v) is 5.28. The lowest BCUT2D eigenvalue weighted by Crippen LogP contribution is -2.18. The van der Waals surface area contributed by atoms with Gasteiger partial charge in [-0.3, -0.25) is 0 Å².